The Labute approximate surface area is 163 Å². The SMILES string of the molecule is CS(=O)(=O)c1ccc(Cc2nnc(NC(=O)c3cccc(C(F)(F)F)c3)o2)cc1. The van der Waals surface area contributed by atoms with Crippen molar-refractivity contribution in [3.05, 3.63) is 71.1 Å². The van der Waals surface area contributed by atoms with Crippen molar-refractivity contribution < 1.29 is 30.8 Å². The van der Waals surface area contributed by atoms with E-state index in [-0.39, 0.29) is 28.8 Å². The molecule has 0 aliphatic carbocycles. The van der Waals surface area contributed by atoms with E-state index in [1.165, 1.54) is 18.2 Å². The fourth-order valence-electron chi connectivity index (χ4n) is 2.41. The van der Waals surface area contributed by atoms with Gasteiger partial charge in [-0.15, -0.1) is 5.10 Å². The van der Waals surface area contributed by atoms with E-state index in [1.54, 1.807) is 12.1 Å². The number of aromatic nitrogens is 2. The van der Waals surface area contributed by atoms with Gasteiger partial charge in [0.2, 0.25) is 5.89 Å². The van der Waals surface area contributed by atoms with Gasteiger partial charge in [-0.2, -0.15) is 13.2 Å². The summed E-state index contributed by atoms with van der Waals surface area (Å²) in [6.45, 7) is 0. The summed E-state index contributed by atoms with van der Waals surface area (Å²) in [6.07, 6.45) is -3.30. The highest BCUT2D eigenvalue weighted by Gasteiger charge is 2.31. The number of halogens is 3. The first-order valence-corrected chi connectivity index (χ1v) is 10.0. The highest BCUT2D eigenvalue weighted by molar-refractivity contribution is 7.90. The smallest absolute Gasteiger partial charge is 0.407 e. The van der Waals surface area contributed by atoms with Crippen LogP contribution in [0.25, 0.3) is 0 Å². The number of hydrogen-bond donors (Lipinski definition) is 1. The van der Waals surface area contributed by atoms with E-state index in [0.29, 0.717) is 5.56 Å². The molecule has 11 heteroatoms. The van der Waals surface area contributed by atoms with Crippen LogP contribution in [0.1, 0.15) is 27.4 Å². The first kappa shape index (κ1) is 20.5. The van der Waals surface area contributed by atoms with Gasteiger partial charge in [-0.1, -0.05) is 23.3 Å². The average molecular weight is 425 g/mol. The molecule has 0 spiro atoms. The molecule has 1 heterocycles. The third-order valence-electron chi connectivity index (χ3n) is 3.85. The molecule has 1 N–H and O–H groups in total. The van der Waals surface area contributed by atoms with Crippen molar-refractivity contribution in [1.82, 2.24) is 10.2 Å². The lowest BCUT2D eigenvalue weighted by Gasteiger charge is -2.07. The molecule has 0 unspecified atom stereocenters. The summed E-state index contributed by atoms with van der Waals surface area (Å²) < 4.78 is 66.5. The Morgan fingerprint density at radius 1 is 1.10 bits per heavy atom. The second kappa shape index (κ2) is 7.66. The summed E-state index contributed by atoms with van der Waals surface area (Å²) in [5.74, 6) is -0.694. The van der Waals surface area contributed by atoms with E-state index in [0.717, 1.165) is 24.5 Å². The molecule has 0 atom stereocenters. The molecule has 1 amide bonds. The number of alkyl halides is 3. The maximum Gasteiger partial charge on any atom is 0.416 e. The molecule has 3 rings (SSSR count). The van der Waals surface area contributed by atoms with Gasteiger partial charge < -0.3 is 4.42 Å². The van der Waals surface area contributed by atoms with Crippen LogP contribution < -0.4 is 5.32 Å². The third-order valence-corrected chi connectivity index (χ3v) is 4.97. The number of carbonyl (C=O) groups is 1. The highest BCUT2D eigenvalue weighted by atomic mass is 32.2. The molecule has 29 heavy (non-hydrogen) atoms. The largest absolute Gasteiger partial charge is 0.416 e. The Bertz CT molecular complexity index is 1140. The van der Waals surface area contributed by atoms with Crippen LogP contribution in [0.4, 0.5) is 19.2 Å². The number of amides is 1. The van der Waals surface area contributed by atoms with Crippen LogP contribution >= 0.6 is 0 Å². The van der Waals surface area contributed by atoms with Gasteiger partial charge in [0.1, 0.15) is 0 Å². The molecule has 0 bridgehead atoms. The van der Waals surface area contributed by atoms with Crippen LogP contribution in [0.5, 0.6) is 0 Å². The minimum atomic E-state index is -4.57. The predicted molar refractivity (Wildman–Crippen MR) is 96.1 cm³/mol. The van der Waals surface area contributed by atoms with Gasteiger partial charge in [0, 0.05) is 11.8 Å². The number of rotatable bonds is 5. The van der Waals surface area contributed by atoms with Crippen LogP contribution in [-0.4, -0.2) is 30.8 Å². The Hall–Kier alpha value is -3.21. The molecule has 1 aromatic heterocycles. The monoisotopic (exact) mass is 425 g/mol. The highest BCUT2D eigenvalue weighted by Crippen LogP contribution is 2.29. The average Bonchev–Trinajstić information content (AvgIpc) is 3.07. The summed E-state index contributed by atoms with van der Waals surface area (Å²) >= 11 is 0. The van der Waals surface area contributed by atoms with Crippen LogP contribution in [0.2, 0.25) is 0 Å². The number of hydrogen-bond acceptors (Lipinski definition) is 6. The Morgan fingerprint density at radius 2 is 1.79 bits per heavy atom. The molecule has 0 radical (unpaired) electrons. The number of nitrogens with one attached hydrogen (secondary N) is 1. The maximum absolute atomic E-state index is 12.8. The van der Waals surface area contributed by atoms with Crippen LogP contribution in [0.15, 0.2) is 57.8 Å². The molecule has 0 aliphatic heterocycles. The molecule has 152 valence electrons. The first-order chi connectivity index (χ1) is 13.5. The molecule has 3 aromatic rings. The second-order valence-corrected chi connectivity index (χ2v) is 8.14. The van der Waals surface area contributed by atoms with Gasteiger partial charge >= 0.3 is 12.2 Å². The third kappa shape index (κ3) is 5.19. The number of sulfone groups is 1. The maximum atomic E-state index is 12.8. The van der Waals surface area contributed by atoms with Crippen LogP contribution in [-0.2, 0) is 22.4 Å². The summed E-state index contributed by atoms with van der Waals surface area (Å²) in [7, 11) is -3.31. The quantitative estimate of drug-likeness (QED) is 0.673. The Kier molecular flexibility index (Phi) is 5.42. The molecule has 0 saturated heterocycles. The number of benzene rings is 2. The lowest BCUT2D eigenvalue weighted by atomic mass is 10.1. The van der Waals surface area contributed by atoms with E-state index in [2.05, 4.69) is 15.5 Å². The van der Waals surface area contributed by atoms with Crippen molar-refractivity contribution in [2.75, 3.05) is 11.6 Å². The van der Waals surface area contributed by atoms with Crippen molar-refractivity contribution in [1.29, 1.82) is 0 Å². The predicted octanol–water partition coefficient (Wildman–Crippen LogP) is 3.34. The molecule has 0 saturated carbocycles. The fraction of sp³-hybridized carbons (Fsp3) is 0.167. The minimum Gasteiger partial charge on any atom is -0.407 e. The van der Waals surface area contributed by atoms with Crippen molar-refractivity contribution in [2.24, 2.45) is 0 Å². The minimum absolute atomic E-state index is 0.136. The second-order valence-electron chi connectivity index (χ2n) is 6.13. The van der Waals surface area contributed by atoms with Gasteiger partial charge in [-0.05, 0) is 35.9 Å². The summed E-state index contributed by atoms with van der Waals surface area (Å²) in [4.78, 5) is 12.3. The number of nitrogens with zero attached hydrogens (tertiary/aromatic N) is 2. The molecule has 0 fully saturated rings. The fourth-order valence-corrected chi connectivity index (χ4v) is 3.04. The number of carbonyl (C=O) groups excluding carboxylic acids is 1. The van der Waals surface area contributed by atoms with Crippen molar-refractivity contribution in [3.63, 3.8) is 0 Å². The van der Waals surface area contributed by atoms with E-state index in [1.807, 2.05) is 0 Å². The zero-order valence-corrected chi connectivity index (χ0v) is 15.7. The van der Waals surface area contributed by atoms with E-state index < -0.39 is 27.5 Å². The van der Waals surface area contributed by atoms with E-state index >= 15 is 0 Å². The van der Waals surface area contributed by atoms with Gasteiger partial charge in [-0.25, -0.2) is 8.42 Å². The summed E-state index contributed by atoms with van der Waals surface area (Å²) in [5, 5.41) is 9.64. The standard InChI is InChI=1S/C18H14F3N3O4S/c1-29(26,27)14-7-5-11(6-8-14)9-15-23-24-17(28-15)22-16(25)12-3-2-4-13(10-12)18(19,20)21/h2-8,10H,9H2,1H3,(H,22,24,25). The Balaban J connectivity index is 1.68. The van der Waals surface area contributed by atoms with Crippen molar-refractivity contribution in [3.8, 4) is 0 Å². The Morgan fingerprint density at radius 3 is 2.41 bits per heavy atom. The topological polar surface area (TPSA) is 102 Å². The van der Waals surface area contributed by atoms with Gasteiger partial charge in [0.05, 0.1) is 16.9 Å². The lowest BCUT2D eigenvalue weighted by molar-refractivity contribution is -0.137. The molecule has 2 aromatic carbocycles. The van der Waals surface area contributed by atoms with E-state index in [9.17, 15) is 26.4 Å². The molecular weight excluding hydrogens is 411 g/mol. The molecule has 7 nitrogen and oxygen atoms in total. The van der Waals surface area contributed by atoms with Gasteiger partial charge in [0.25, 0.3) is 5.91 Å². The van der Waals surface area contributed by atoms with Crippen LogP contribution in [0, 0.1) is 0 Å². The lowest BCUT2D eigenvalue weighted by Crippen LogP contribution is -2.14. The summed E-state index contributed by atoms with van der Waals surface area (Å²) in [5.41, 5.74) is -0.471. The zero-order chi connectivity index (χ0) is 21.2. The first-order valence-electron chi connectivity index (χ1n) is 8.12. The van der Waals surface area contributed by atoms with Gasteiger partial charge in [0.15, 0.2) is 9.84 Å². The molecular formula is C18H14F3N3O4S. The normalized spacial score (nSPS) is 12.0. The number of anilines is 1. The summed E-state index contributed by atoms with van der Waals surface area (Å²) in [6, 6.07) is 9.71. The van der Waals surface area contributed by atoms with Gasteiger partial charge in [-0.3, -0.25) is 10.1 Å². The zero-order valence-electron chi connectivity index (χ0n) is 14.9. The van der Waals surface area contributed by atoms with Crippen LogP contribution in [0.3, 0.4) is 0 Å². The van der Waals surface area contributed by atoms with Crippen molar-refractivity contribution in [2.45, 2.75) is 17.5 Å². The molecule has 0 aliphatic rings. The van der Waals surface area contributed by atoms with Crippen molar-refractivity contribution >= 4 is 21.8 Å². The van der Waals surface area contributed by atoms with E-state index in [4.69, 9.17) is 4.42 Å².